The van der Waals surface area contributed by atoms with Gasteiger partial charge in [0.1, 0.15) is 5.82 Å². The van der Waals surface area contributed by atoms with Crippen molar-refractivity contribution in [2.24, 2.45) is 0 Å². The van der Waals surface area contributed by atoms with Gasteiger partial charge in [-0.1, -0.05) is 0 Å². The van der Waals surface area contributed by atoms with E-state index in [2.05, 4.69) is 42.9 Å². The fourth-order valence-corrected chi connectivity index (χ4v) is 4.69. The van der Waals surface area contributed by atoms with Crippen molar-refractivity contribution in [3.8, 4) is 0 Å². The minimum absolute atomic E-state index is 0.0382. The minimum Gasteiger partial charge on any atom is -0.382 e. The Morgan fingerprint density at radius 1 is 1.26 bits per heavy atom. The number of Topliss-reactive ketones (excluding diaryl/α,β-unsaturated/α-hetero) is 1. The molecule has 1 fully saturated rings. The molecule has 0 radical (unpaired) electrons. The number of hydrogen-bond donors (Lipinski definition) is 2. The molecule has 8 nitrogen and oxygen atoms in total. The molecular formula is C21H20FIN6O2. The number of halogens is 2. The molecule has 0 aliphatic heterocycles. The van der Waals surface area contributed by atoms with Gasteiger partial charge >= 0.3 is 6.08 Å². The summed E-state index contributed by atoms with van der Waals surface area (Å²) in [6.07, 6.45) is 3.02. The Balaban J connectivity index is 1.51. The molecule has 1 aromatic carbocycles. The lowest BCUT2D eigenvalue weighted by molar-refractivity contribution is -0.121. The summed E-state index contributed by atoms with van der Waals surface area (Å²) in [7, 11) is 0. The first-order chi connectivity index (χ1) is 14.9. The number of imidazole rings is 1. The molecule has 5 rings (SSSR count). The third kappa shape index (κ3) is 4.00. The maximum atomic E-state index is 13.9. The van der Waals surface area contributed by atoms with E-state index in [-0.39, 0.29) is 35.6 Å². The Morgan fingerprint density at radius 3 is 2.84 bits per heavy atom. The van der Waals surface area contributed by atoms with Crippen LogP contribution in [0.2, 0.25) is 0 Å². The van der Waals surface area contributed by atoms with Gasteiger partial charge in [-0.2, -0.15) is 14.4 Å². The normalized spacial score (nSPS) is 15.5. The SMILES string of the molecule is Nc1nc(F)nc2c1nc(Cc1cc3c(cc1I)CCC3=O)n2CCC(=O)NC1CC1. The van der Waals surface area contributed by atoms with Crippen LogP contribution in [-0.2, 0) is 24.2 Å². The number of aromatic nitrogens is 4. The van der Waals surface area contributed by atoms with E-state index < -0.39 is 6.08 Å². The first kappa shape index (κ1) is 20.3. The summed E-state index contributed by atoms with van der Waals surface area (Å²) in [5, 5.41) is 2.96. The number of anilines is 1. The smallest absolute Gasteiger partial charge is 0.312 e. The highest BCUT2D eigenvalue weighted by Crippen LogP contribution is 2.29. The molecule has 31 heavy (non-hydrogen) atoms. The molecule has 0 spiro atoms. The van der Waals surface area contributed by atoms with Gasteiger partial charge < -0.3 is 15.6 Å². The molecular weight excluding hydrogens is 514 g/mol. The van der Waals surface area contributed by atoms with Gasteiger partial charge in [-0.25, -0.2) is 4.98 Å². The fourth-order valence-electron chi connectivity index (χ4n) is 3.96. The van der Waals surface area contributed by atoms with E-state index in [0.717, 1.165) is 39.5 Å². The number of benzene rings is 1. The molecule has 0 atom stereocenters. The van der Waals surface area contributed by atoms with Gasteiger partial charge in [0.25, 0.3) is 0 Å². The van der Waals surface area contributed by atoms with Crippen LogP contribution >= 0.6 is 22.6 Å². The van der Waals surface area contributed by atoms with Gasteiger partial charge in [0, 0.05) is 41.0 Å². The van der Waals surface area contributed by atoms with Gasteiger partial charge in [-0.05, 0) is 65.1 Å². The van der Waals surface area contributed by atoms with Crippen LogP contribution in [0.1, 0.15) is 53.0 Å². The number of nitrogens with two attached hydrogens (primary N) is 1. The second-order valence-corrected chi connectivity index (χ2v) is 9.18. The van der Waals surface area contributed by atoms with Crippen LogP contribution in [0.15, 0.2) is 12.1 Å². The molecule has 10 heteroatoms. The van der Waals surface area contributed by atoms with E-state index in [4.69, 9.17) is 5.73 Å². The van der Waals surface area contributed by atoms with Crippen LogP contribution in [0, 0.1) is 9.65 Å². The number of rotatable bonds is 6. The van der Waals surface area contributed by atoms with Crippen LogP contribution in [0.3, 0.4) is 0 Å². The quantitative estimate of drug-likeness (QED) is 0.371. The standard InChI is InChI=1S/C21H20FIN6O2/c22-21-27-19(24)18-20(28-21)29(6-5-17(31)25-12-2-3-12)16(26-18)9-11-7-13-10(8-14(11)23)1-4-15(13)30/h7-8,12H,1-6,9H2,(H,25,31)(H2,24,27,28). The summed E-state index contributed by atoms with van der Waals surface area (Å²) in [6.45, 7) is 0.292. The van der Waals surface area contributed by atoms with Gasteiger partial charge in [-0.3, -0.25) is 9.59 Å². The zero-order valence-corrected chi connectivity index (χ0v) is 18.8. The highest BCUT2D eigenvalue weighted by molar-refractivity contribution is 14.1. The third-order valence-electron chi connectivity index (χ3n) is 5.72. The van der Waals surface area contributed by atoms with E-state index in [1.807, 2.05) is 12.1 Å². The van der Waals surface area contributed by atoms with E-state index in [0.29, 0.717) is 30.7 Å². The fraction of sp³-hybridized carbons (Fsp3) is 0.381. The van der Waals surface area contributed by atoms with Crippen molar-refractivity contribution < 1.29 is 14.0 Å². The van der Waals surface area contributed by atoms with Crippen molar-refractivity contribution in [1.82, 2.24) is 24.8 Å². The monoisotopic (exact) mass is 534 g/mol. The number of aryl methyl sites for hydroxylation is 2. The van der Waals surface area contributed by atoms with Crippen LogP contribution in [-0.4, -0.2) is 37.3 Å². The van der Waals surface area contributed by atoms with E-state index in [1.54, 1.807) is 4.57 Å². The van der Waals surface area contributed by atoms with Crippen molar-refractivity contribution in [1.29, 1.82) is 0 Å². The number of nitrogen functional groups attached to an aromatic ring is 1. The molecule has 3 aromatic rings. The lowest BCUT2D eigenvalue weighted by Gasteiger charge is -2.11. The lowest BCUT2D eigenvalue weighted by Crippen LogP contribution is -2.26. The van der Waals surface area contributed by atoms with Crippen molar-refractivity contribution in [2.75, 3.05) is 5.73 Å². The zero-order chi connectivity index (χ0) is 21.7. The second kappa shape index (κ2) is 7.81. The summed E-state index contributed by atoms with van der Waals surface area (Å²) in [4.78, 5) is 36.5. The van der Waals surface area contributed by atoms with Gasteiger partial charge in [0.2, 0.25) is 5.91 Å². The number of nitrogens with one attached hydrogen (secondary N) is 1. The van der Waals surface area contributed by atoms with Crippen LogP contribution in [0.4, 0.5) is 10.2 Å². The molecule has 0 unspecified atom stereocenters. The Kier molecular flexibility index (Phi) is 5.11. The Hall–Kier alpha value is -2.63. The molecule has 1 saturated carbocycles. The van der Waals surface area contributed by atoms with Crippen molar-refractivity contribution >= 4 is 51.3 Å². The number of amides is 1. The summed E-state index contributed by atoms with van der Waals surface area (Å²) >= 11 is 2.26. The molecule has 3 N–H and O–H groups in total. The number of carbonyl (C=O) groups excluding carboxylic acids is 2. The number of ketones is 1. The van der Waals surface area contributed by atoms with E-state index in [9.17, 15) is 14.0 Å². The predicted molar refractivity (Wildman–Crippen MR) is 120 cm³/mol. The maximum Gasteiger partial charge on any atom is 0.312 e. The molecule has 1 amide bonds. The zero-order valence-electron chi connectivity index (χ0n) is 16.6. The maximum absolute atomic E-state index is 13.9. The van der Waals surface area contributed by atoms with Crippen molar-refractivity contribution in [3.63, 3.8) is 0 Å². The van der Waals surface area contributed by atoms with Gasteiger partial charge in [0.15, 0.2) is 22.8 Å². The Morgan fingerprint density at radius 2 is 2.06 bits per heavy atom. The van der Waals surface area contributed by atoms with Crippen molar-refractivity contribution in [3.05, 3.63) is 44.3 Å². The second-order valence-electron chi connectivity index (χ2n) is 8.02. The molecule has 0 bridgehead atoms. The number of hydrogen-bond acceptors (Lipinski definition) is 6. The molecule has 2 aliphatic carbocycles. The van der Waals surface area contributed by atoms with E-state index in [1.165, 1.54) is 0 Å². The van der Waals surface area contributed by atoms with Crippen LogP contribution in [0.5, 0.6) is 0 Å². The van der Waals surface area contributed by atoms with Crippen molar-refractivity contribution in [2.45, 2.75) is 51.1 Å². The first-order valence-corrected chi connectivity index (χ1v) is 11.3. The highest BCUT2D eigenvalue weighted by Gasteiger charge is 2.25. The Bertz CT molecular complexity index is 1240. The average molecular weight is 534 g/mol. The predicted octanol–water partition coefficient (Wildman–Crippen LogP) is 2.54. The third-order valence-corrected chi connectivity index (χ3v) is 6.73. The van der Waals surface area contributed by atoms with Crippen LogP contribution in [0.25, 0.3) is 11.2 Å². The molecule has 0 saturated heterocycles. The number of fused-ring (bicyclic) bond motifs is 2. The molecule has 2 aromatic heterocycles. The number of carbonyl (C=O) groups is 2. The highest BCUT2D eigenvalue weighted by atomic mass is 127. The first-order valence-electron chi connectivity index (χ1n) is 10.2. The molecule has 2 heterocycles. The summed E-state index contributed by atoms with van der Waals surface area (Å²) in [6, 6.07) is 4.23. The molecule has 2 aliphatic rings. The van der Waals surface area contributed by atoms with E-state index >= 15 is 0 Å². The summed E-state index contributed by atoms with van der Waals surface area (Å²) in [5.41, 5.74) is 9.25. The largest absolute Gasteiger partial charge is 0.382 e. The summed E-state index contributed by atoms with van der Waals surface area (Å²) in [5.74, 6) is 0.651. The topological polar surface area (TPSA) is 116 Å². The molecule has 160 valence electrons. The van der Waals surface area contributed by atoms with Crippen LogP contribution < -0.4 is 11.1 Å². The Labute approximate surface area is 191 Å². The van der Waals surface area contributed by atoms with Gasteiger partial charge in [0.05, 0.1) is 0 Å². The average Bonchev–Trinajstić information content (AvgIpc) is 3.36. The minimum atomic E-state index is -0.933. The van der Waals surface area contributed by atoms with Gasteiger partial charge in [-0.15, -0.1) is 0 Å². The summed E-state index contributed by atoms with van der Waals surface area (Å²) < 4.78 is 16.6. The lowest BCUT2D eigenvalue weighted by atomic mass is 10.0. The number of nitrogens with zero attached hydrogens (tertiary/aromatic N) is 4.